The van der Waals surface area contributed by atoms with Gasteiger partial charge in [-0.1, -0.05) is 30.3 Å². The Hall–Kier alpha value is -4.52. The molecule has 0 saturated carbocycles. The van der Waals surface area contributed by atoms with E-state index < -0.39 is 0 Å². The van der Waals surface area contributed by atoms with E-state index in [1.165, 1.54) is 10.6 Å². The minimum atomic E-state index is -0.318. The van der Waals surface area contributed by atoms with Gasteiger partial charge < -0.3 is 19.2 Å². The third-order valence-corrected chi connectivity index (χ3v) is 5.34. The van der Waals surface area contributed by atoms with Gasteiger partial charge in [0.1, 0.15) is 5.75 Å². The van der Waals surface area contributed by atoms with Crippen LogP contribution in [-0.4, -0.2) is 36.7 Å². The largest absolute Gasteiger partial charge is 0.497 e. The van der Waals surface area contributed by atoms with Gasteiger partial charge in [-0.2, -0.15) is 0 Å². The first-order valence-corrected chi connectivity index (χ1v) is 10.5. The molecule has 0 unspecified atom stereocenters. The number of benzene rings is 3. The number of carbonyl (C=O) groups excluding carboxylic acids is 1. The average molecular weight is 456 g/mol. The predicted molar refractivity (Wildman–Crippen MR) is 131 cm³/mol. The minimum absolute atomic E-state index is 0.173. The fourth-order valence-electron chi connectivity index (χ4n) is 3.56. The van der Waals surface area contributed by atoms with E-state index in [0.29, 0.717) is 34.2 Å². The molecule has 0 bridgehead atoms. The van der Waals surface area contributed by atoms with E-state index in [9.17, 15) is 9.59 Å². The Labute approximate surface area is 196 Å². The monoisotopic (exact) mass is 456 g/mol. The minimum Gasteiger partial charge on any atom is -0.497 e. The molecule has 0 spiro atoms. The molecule has 1 heterocycles. The highest BCUT2D eigenvalue weighted by Crippen LogP contribution is 2.31. The maximum absolute atomic E-state index is 12.8. The van der Waals surface area contributed by atoms with Gasteiger partial charge in [0, 0.05) is 17.3 Å². The van der Waals surface area contributed by atoms with E-state index in [2.05, 4.69) is 4.98 Å². The first kappa shape index (κ1) is 22.7. The summed E-state index contributed by atoms with van der Waals surface area (Å²) in [6, 6.07) is 19.8. The van der Waals surface area contributed by atoms with Gasteiger partial charge in [0.2, 0.25) is 0 Å². The van der Waals surface area contributed by atoms with E-state index in [1.54, 1.807) is 70.0 Å². The zero-order chi connectivity index (χ0) is 24.1. The number of hydrogen-bond acceptors (Lipinski definition) is 5. The lowest BCUT2D eigenvalue weighted by molar-refractivity contribution is 0.104. The van der Waals surface area contributed by atoms with Crippen molar-refractivity contribution in [3.63, 3.8) is 0 Å². The van der Waals surface area contributed by atoms with Crippen molar-refractivity contribution < 1.29 is 19.0 Å². The van der Waals surface area contributed by atoms with Crippen LogP contribution in [0.3, 0.4) is 0 Å². The Kier molecular flexibility index (Phi) is 6.64. The molecule has 172 valence electrons. The summed E-state index contributed by atoms with van der Waals surface area (Å²) in [4.78, 5) is 28.3. The molecule has 4 aromatic rings. The molecule has 0 amide bonds. The molecular formula is C27H24N2O5. The number of allylic oxidation sites excluding steroid dienone is 1. The highest BCUT2D eigenvalue weighted by Gasteiger charge is 2.12. The number of carbonyl (C=O) groups is 1. The van der Waals surface area contributed by atoms with Crippen LogP contribution >= 0.6 is 0 Å². The van der Waals surface area contributed by atoms with Gasteiger partial charge >= 0.3 is 5.69 Å². The topological polar surface area (TPSA) is 82.5 Å². The molecule has 0 fully saturated rings. The zero-order valence-electron chi connectivity index (χ0n) is 19.1. The molecule has 7 nitrogen and oxygen atoms in total. The summed E-state index contributed by atoms with van der Waals surface area (Å²) in [5.41, 5.74) is 2.96. The summed E-state index contributed by atoms with van der Waals surface area (Å²) in [7, 11) is 4.72. The standard InChI is InChI=1S/C27H24N2O5/c1-32-22-9-4-6-18(14-22)10-12-24(30)20-7-5-8-21(15-20)29-17-23(28-27(29)31)19-11-13-25(33-2)26(16-19)34-3/h4-17H,1-3H3,(H,28,31)/b12-10+. The van der Waals surface area contributed by atoms with Gasteiger partial charge in [-0.25, -0.2) is 4.79 Å². The lowest BCUT2D eigenvalue weighted by atomic mass is 10.1. The Bertz CT molecular complexity index is 1410. The van der Waals surface area contributed by atoms with E-state index in [0.717, 1.165) is 11.1 Å². The summed E-state index contributed by atoms with van der Waals surface area (Å²) >= 11 is 0. The quantitative estimate of drug-likeness (QED) is 0.306. The van der Waals surface area contributed by atoms with Crippen LogP contribution in [0, 0.1) is 0 Å². The number of rotatable bonds is 8. The van der Waals surface area contributed by atoms with Crippen molar-refractivity contribution in [1.29, 1.82) is 0 Å². The van der Waals surface area contributed by atoms with Gasteiger partial charge in [-0.15, -0.1) is 0 Å². The molecule has 0 aliphatic rings. The number of H-pyrrole nitrogens is 1. The molecule has 7 heteroatoms. The highest BCUT2D eigenvalue weighted by atomic mass is 16.5. The van der Waals surface area contributed by atoms with Crippen LogP contribution in [0.25, 0.3) is 23.0 Å². The van der Waals surface area contributed by atoms with Crippen molar-refractivity contribution in [2.24, 2.45) is 0 Å². The van der Waals surface area contributed by atoms with Crippen LogP contribution in [0.2, 0.25) is 0 Å². The van der Waals surface area contributed by atoms with Gasteiger partial charge in [0.25, 0.3) is 0 Å². The van der Waals surface area contributed by atoms with Crippen LogP contribution in [-0.2, 0) is 0 Å². The molecule has 1 aromatic heterocycles. The van der Waals surface area contributed by atoms with Crippen molar-refractivity contribution in [2.75, 3.05) is 21.3 Å². The molecule has 0 aliphatic carbocycles. The Balaban J connectivity index is 1.61. The SMILES string of the molecule is COc1cccc(/C=C/C(=O)c2cccc(-n3cc(-c4ccc(OC)c(OC)c4)[nH]c3=O)c2)c1. The first-order chi connectivity index (χ1) is 16.5. The molecule has 0 radical (unpaired) electrons. The van der Waals surface area contributed by atoms with Gasteiger partial charge in [0.15, 0.2) is 17.3 Å². The second kappa shape index (κ2) is 9.95. The van der Waals surface area contributed by atoms with Crippen LogP contribution < -0.4 is 19.9 Å². The van der Waals surface area contributed by atoms with Gasteiger partial charge in [0.05, 0.1) is 32.7 Å². The van der Waals surface area contributed by atoms with Gasteiger partial charge in [-0.3, -0.25) is 9.36 Å². The molecule has 34 heavy (non-hydrogen) atoms. The van der Waals surface area contributed by atoms with E-state index >= 15 is 0 Å². The predicted octanol–water partition coefficient (Wildman–Crippen LogP) is 4.75. The van der Waals surface area contributed by atoms with Crippen LogP contribution in [0.1, 0.15) is 15.9 Å². The maximum atomic E-state index is 12.8. The van der Waals surface area contributed by atoms with Crippen molar-refractivity contribution in [2.45, 2.75) is 0 Å². The number of aromatic nitrogens is 2. The molecule has 3 aromatic carbocycles. The number of nitrogens with one attached hydrogen (secondary N) is 1. The second-order valence-electron chi connectivity index (χ2n) is 7.44. The molecule has 0 saturated heterocycles. The van der Waals surface area contributed by atoms with Crippen molar-refractivity contribution in [3.8, 4) is 34.2 Å². The van der Waals surface area contributed by atoms with Crippen molar-refractivity contribution >= 4 is 11.9 Å². The smallest absolute Gasteiger partial charge is 0.330 e. The average Bonchev–Trinajstić information content (AvgIpc) is 3.28. The number of methoxy groups -OCH3 is 3. The molecular weight excluding hydrogens is 432 g/mol. The van der Waals surface area contributed by atoms with Crippen LogP contribution in [0.4, 0.5) is 0 Å². The Morgan fingerprint density at radius 1 is 0.882 bits per heavy atom. The fraction of sp³-hybridized carbons (Fsp3) is 0.111. The molecule has 4 rings (SSSR count). The number of hydrogen-bond donors (Lipinski definition) is 1. The highest BCUT2D eigenvalue weighted by molar-refractivity contribution is 6.07. The first-order valence-electron chi connectivity index (χ1n) is 10.5. The summed E-state index contributed by atoms with van der Waals surface area (Å²) in [6.07, 6.45) is 4.93. The Morgan fingerprint density at radius 3 is 2.44 bits per heavy atom. The fourth-order valence-corrected chi connectivity index (χ4v) is 3.56. The molecule has 0 atom stereocenters. The van der Waals surface area contributed by atoms with E-state index in [1.807, 2.05) is 30.3 Å². The van der Waals surface area contributed by atoms with Crippen LogP contribution in [0.5, 0.6) is 17.2 Å². The maximum Gasteiger partial charge on any atom is 0.330 e. The number of nitrogens with zero attached hydrogens (tertiary/aromatic N) is 1. The Morgan fingerprint density at radius 2 is 1.68 bits per heavy atom. The number of imidazole rings is 1. The number of ether oxygens (including phenoxy) is 3. The molecule has 1 N–H and O–H groups in total. The third kappa shape index (κ3) is 4.78. The molecule has 0 aliphatic heterocycles. The normalized spacial score (nSPS) is 10.9. The lowest BCUT2D eigenvalue weighted by Gasteiger charge is -2.08. The summed E-state index contributed by atoms with van der Waals surface area (Å²) in [6.45, 7) is 0. The van der Waals surface area contributed by atoms with Crippen molar-refractivity contribution in [1.82, 2.24) is 9.55 Å². The van der Waals surface area contributed by atoms with Crippen molar-refractivity contribution in [3.05, 3.63) is 101 Å². The summed E-state index contributed by atoms with van der Waals surface area (Å²) in [5.74, 6) is 1.70. The third-order valence-electron chi connectivity index (χ3n) is 5.34. The van der Waals surface area contributed by atoms with E-state index in [4.69, 9.17) is 14.2 Å². The summed E-state index contributed by atoms with van der Waals surface area (Å²) in [5, 5.41) is 0. The van der Waals surface area contributed by atoms with E-state index in [-0.39, 0.29) is 11.5 Å². The summed E-state index contributed by atoms with van der Waals surface area (Å²) < 4.78 is 17.3. The lowest BCUT2D eigenvalue weighted by Crippen LogP contribution is -2.14. The number of aromatic amines is 1. The van der Waals surface area contributed by atoms with Crippen LogP contribution in [0.15, 0.2) is 83.8 Å². The van der Waals surface area contributed by atoms with Gasteiger partial charge in [-0.05, 0) is 54.1 Å². The second-order valence-corrected chi connectivity index (χ2v) is 7.44. The number of ketones is 1. The zero-order valence-corrected chi connectivity index (χ0v) is 19.1.